The number of rotatable bonds is 4. The van der Waals surface area contributed by atoms with Crippen LogP contribution >= 0.6 is 35.4 Å². The quantitative estimate of drug-likeness (QED) is 0.819. The first-order valence-electron chi connectivity index (χ1n) is 5.68. The van der Waals surface area contributed by atoms with Crippen molar-refractivity contribution in [3.8, 4) is 0 Å². The van der Waals surface area contributed by atoms with Crippen molar-refractivity contribution in [2.24, 2.45) is 5.73 Å². The van der Waals surface area contributed by atoms with Gasteiger partial charge in [-0.05, 0) is 24.3 Å². The molecule has 110 valence electrons. The van der Waals surface area contributed by atoms with Crippen LogP contribution in [0.15, 0.2) is 47.4 Å². The molecule has 0 fully saturated rings. The molecule has 0 saturated heterocycles. The molecular formula is C13H10Cl2N2O2S2. The van der Waals surface area contributed by atoms with Crippen LogP contribution in [0.1, 0.15) is 5.56 Å². The van der Waals surface area contributed by atoms with Crippen molar-refractivity contribution < 1.29 is 8.42 Å². The highest BCUT2D eigenvalue weighted by atomic mass is 35.5. The van der Waals surface area contributed by atoms with Crippen molar-refractivity contribution in [2.75, 3.05) is 4.72 Å². The number of benzene rings is 2. The van der Waals surface area contributed by atoms with Crippen molar-refractivity contribution >= 4 is 56.1 Å². The molecule has 0 unspecified atom stereocenters. The van der Waals surface area contributed by atoms with Gasteiger partial charge in [0.05, 0.1) is 20.6 Å². The molecule has 4 nitrogen and oxygen atoms in total. The van der Waals surface area contributed by atoms with Crippen LogP contribution in [0.3, 0.4) is 0 Å². The molecule has 2 rings (SSSR count). The van der Waals surface area contributed by atoms with E-state index in [9.17, 15) is 8.42 Å². The van der Waals surface area contributed by atoms with Gasteiger partial charge in [0.25, 0.3) is 10.0 Å². The Labute approximate surface area is 137 Å². The Morgan fingerprint density at radius 1 is 1.10 bits per heavy atom. The third-order valence-electron chi connectivity index (χ3n) is 2.63. The molecule has 0 spiro atoms. The van der Waals surface area contributed by atoms with Gasteiger partial charge in [0.1, 0.15) is 4.99 Å². The molecule has 0 atom stereocenters. The first-order valence-corrected chi connectivity index (χ1v) is 8.33. The van der Waals surface area contributed by atoms with E-state index >= 15 is 0 Å². The molecule has 3 N–H and O–H groups in total. The Bertz CT molecular complexity index is 787. The summed E-state index contributed by atoms with van der Waals surface area (Å²) in [6, 6.07) is 10.7. The van der Waals surface area contributed by atoms with Gasteiger partial charge in [-0.1, -0.05) is 53.6 Å². The lowest BCUT2D eigenvalue weighted by molar-refractivity contribution is 0.601. The highest BCUT2D eigenvalue weighted by Gasteiger charge is 2.18. The summed E-state index contributed by atoms with van der Waals surface area (Å²) in [5.74, 6) is 0. The van der Waals surface area contributed by atoms with Crippen molar-refractivity contribution in [3.05, 3.63) is 58.1 Å². The Hall–Kier alpha value is -1.34. The Morgan fingerprint density at radius 2 is 1.67 bits per heavy atom. The van der Waals surface area contributed by atoms with E-state index in [1.165, 1.54) is 24.3 Å². The number of para-hydroxylation sites is 1. The summed E-state index contributed by atoms with van der Waals surface area (Å²) in [6.07, 6.45) is 0. The molecule has 0 radical (unpaired) electrons. The van der Waals surface area contributed by atoms with Gasteiger partial charge in [-0.3, -0.25) is 4.72 Å². The number of nitrogens with one attached hydrogen (secondary N) is 1. The predicted octanol–water partition coefficient (Wildman–Crippen LogP) is 3.43. The summed E-state index contributed by atoms with van der Waals surface area (Å²) in [6.45, 7) is 0. The second-order valence-corrected chi connectivity index (χ2v) is 7.03. The lowest BCUT2D eigenvalue weighted by Gasteiger charge is -2.11. The highest BCUT2D eigenvalue weighted by Crippen LogP contribution is 2.31. The minimum atomic E-state index is -3.85. The van der Waals surface area contributed by atoms with Crippen LogP contribution in [0.25, 0.3) is 0 Å². The first kappa shape index (κ1) is 16.0. The van der Waals surface area contributed by atoms with Crippen molar-refractivity contribution in [3.63, 3.8) is 0 Å². The van der Waals surface area contributed by atoms with Gasteiger partial charge in [-0.25, -0.2) is 8.42 Å². The molecule has 0 aliphatic rings. The summed E-state index contributed by atoms with van der Waals surface area (Å²) >= 11 is 16.7. The van der Waals surface area contributed by atoms with Crippen molar-refractivity contribution in [1.29, 1.82) is 0 Å². The van der Waals surface area contributed by atoms with Gasteiger partial charge >= 0.3 is 0 Å². The third kappa shape index (κ3) is 3.65. The normalized spacial score (nSPS) is 11.1. The minimum Gasteiger partial charge on any atom is -0.389 e. The second-order valence-electron chi connectivity index (χ2n) is 4.09. The van der Waals surface area contributed by atoms with Gasteiger partial charge < -0.3 is 5.73 Å². The zero-order valence-electron chi connectivity index (χ0n) is 10.5. The maximum absolute atomic E-state index is 12.4. The molecule has 2 aromatic carbocycles. The van der Waals surface area contributed by atoms with Crippen LogP contribution in [0.4, 0.5) is 5.69 Å². The summed E-state index contributed by atoms with van der Waals surface area (Å²) in [4.78, 5) is 0.131. The molecule has 0 aliphatic carbocycles. The van der Waals surface area contributed by atoms with E-state index in [2.05, 4.69) is 4.72 Å². The molecule has 0 saturated carbocycles. The van der Waals surface area contributed by atoms with E-state index in [1.54, 1.807) is 18.2 Å². The second kappa shape index (κ2) is 6.19. The standard InChI is InChI=1S/C13H10Cl2N2O2S2/c14-10-5-2-6-11(15)12(10)17-21(18,19)9-4-1-3-8(7-9)13(16)20/h1-7,17H,(H2,16,20). The fraction of sp³-hybridized carbons (Fsp3) is 0. The number of hydrogen-bond donors (Lipinski definition) is 2. The molecular weight excluding hydrogens is 351 g/mol. The van der Waals surface area contributed by atoms with E-state index in [1.807, 2.05) is 0 Å². The molecule has 8 heteroatoms. The monoisotopic (exact) mass is 360 g/mol. The maximum Gasteiger partial charge on any atom is 0.262 e. The topological polar surface area (TPSA) is 72.2 Å². The summed E-state index contributed by atoms with van der Waals surface area (Å²) < 4.78 is 27.1. The largest absolute Gasteiger partial charge is 0.389 e. The number of sulfonamides is 1. The lowest BCUT2D eigenvalue weighted by atomic mass is 10.2. The van der Waals surface area contributed by atoms with Gasteiger partial charge in [-0.15, -0.1) is 0 Å². The van der Waals surface area contributed by atoms with E-state index in [0.717, 1.165) is 0 Å². The summed E-state index contributed by atoms with van der Waals surface area (Å²) in [5, 5.41) is 0.410. The van der Waals surface area contributed by atoms with E-state index in [4.69, 9.17) is 41.2 Å². The van der Waals surface area contributed by atoms with E-state index < -0.39 is 10.0 Å². The Kier molecular flexibility index (Phi) is 4.73. The summed E-state index contributed by atoms with van der Waals surface area (Å²) in [7, 11) is -3.85. The summed E-state index contributed by atoms with van der Waals surface area (Å²) in [5.41, 5.74) is 6.08. The lowest BCUT2D eigenvalue weighted by Crippen LogP contribution is -2.15. The molecule has 0 bridgehead atoms. The van der Waals surface area contributed by atoms with Crippen LogP contribution < -0.4 is 10.5 Å². The predicted molar refractivity (Wildman–Crippen MR) is 89.6 cm³/mol. The van der Waals surface area contributed by atoms with Crippen molar-refractivity contribution in [2.45, 2.75) is 4.90 Å². The maximum atomic E-state index is 12.4. The third-order valence-corrected chi connectivity index (χ3v) is 4.84. The smallest absolute Gasteiger partial charge is 0.262 e. The van der Waals surface area contributed by atoms with Crippen LogP contribution in [-0.4, -0.2) is 13.4 Å². The minimum absolute atomic E-state index is 0.0174. The zero-order valence-corrected chi connectivity index (χ0v) is 13.7. The molecule has 0 aromatic heterocycles. The highest BCUT2D eigenvalue weighted by molar-refractivity contribution is 7.92. The average molecular weight is 361 g/mol. The molecule has 2 aromatic rings. The van der Waals surface area contributed by atoms with E-state index in [0.29, 0.717) is 5.56 Å². The number of halogens is 2. The Balaban J connectivity index is 2.44. The van der Waals surface area contributed by atoms with Crippen LogP contribution in [0.5, 0.6) is 0 Å². The number of nitrogens with two attached hydrogens (primary N) is 1. The van der Waals surface area contributed by atoms with Crippen LogP contribution in [0, 0.1) is 0 Å². The molecule has 0 aliphatic heterocycles. The number of hydrogen-bond acceptors (Lipinski definition) is 3. The van der Waals surface area contributed by atoms with Gasteiger partial charge in [-0.2, -0.15) is 0 Å². The fourth-order valence-electron chi connectivity index (χ4n) is 1.61. The SMILES string of the molecule is NC(=S)c1cccc(S(=O)(=O)Nc2c(Cl)cccc2Cl)c1. The van der Waals surface area contributed by atoms with Gasteiger partial charge in [0.15, 0.2) is 0 Å². The average Bonchev–Trinajstić information content (AvgIpc) is 2.43. The van der Waals surface area contributed by atoms with Gasteiger partial charge in [0, 0.05) is 5.56 Å². The molecule has 0 amide bonds. The molecule has 0 heterocycles. The number of thiocarbonyl (C=S) groups is 1. The van der Waals surface area contributed by atoms with E-state index in [-0.39, 0.29) is 25.6 Å². The van der Waals surface area contributed by atoms with Crippen LogP contribution in [0.2, 0.25) is 10.0 Å². The fourth-order valence-corrected chi connectivity index (χ4v) is 3.48. The van der Waals surface area contributed by atoms with Gasteiger partial charge in [0.2, 0.25) is 0 Å². The zero-order chi connectivity index (χ0) is 15.6. The number of anilines is 1. The Morgan fingerprint density at radius 3 is 2.24 bits per heavy atom. The van der Waals surface area contributed by atoms with Crippen molar-refractivity contribution in [1.82, 2.24) is 0 Å². The first-order chi connectivity index (χ1) is 9.81. The van der Waals surface area contributed by atoms with Crippen LogP contribution in [-0.2, 0) is 10.0 Å². The molecule has 21 heavy (non-hydrogen) atoms.